The number of halogens is 1. The normalized spacial score (nSPS) is 19.3. The number of carbonyl (C=O) groups excluding carboxylic acids is 2. The SMILES string of the molecule is NCCC(=O)N[C@H](Cc1ccc(Cl)cc1)C(=O)N1CCC(Cn2cncn2)(C2CCCCC2)CC1. The van der Waals surface area contributed by atoms with Gasteiger partial charge in [-0.25, -0.2) is 4.98 Å². The van der Waals surface area contributed by atoms with Gasteiger partial charge in [0, 0.05) is 44.0 Å². The second-order valence-electron chi connectivity index (χ2n) is 10.1. The van der Waals surface area contributed by atoms with E-state index in [0.717, 1.165) is 24.9 Å². The molecule has 9 heteroatoms. The van der Waals surface area contributed by atoms with Gasteiger partial charge in [-0.05, 0) is 54.7 Å². The first kappa shape index (κ1) is 25.6. The third-order valence-electron chi connectivity index (χ3n) is 7.84. The molecule has 8 nitrogen and oxygen atoms in total. The Kier molecular flexibility index (Phi) is 8.78. The van der Waals surface area contributed by atoms with E-state index in [4.69, 9.17) is 17.3 Å². The average molecular weight is 501 g/mol. The molecule has 2 fully saturated rings. The standard InChI is InChI=1S/C26H37ClN6O2/c27-22-8-6-20(7-9-22)16-23(31-24(34)10-13-28)25(35)32-14-11-26(12-15-32,17-33-19-29-18-30-33)21-4-2-1-3-5-21/h6-9,18-19,21,23H,1-5,10-17,28H2,(H,31,34)/t23-/m1/s1. The number of aromatic nitrogens is 3. The Hall–Kier alpha value is -2.45. The number of piperidine rings is 1. The van der Waals surface area contributed by atoms with Gasteiger partial charge in [0.25, 0.3) is 0 Å². The van der Waals surface area contributed by atoms with Crippen molar-refractivity contribution in [3.63, 3.8) is 0 Å². The number of rotatable bonds is 9. The molecule has 0 spiro atoms. The summed E-state index contributed by atoms with van der Waals surface area (Å²) in [5.74, 6) is 0.426. The van der Waals surface area contributed by atoms with Crippen LogP contribution in [0, 0.1) is 11.3 Å². The van der Waals surface area contributed by atoms with Crippen LogP contribution in [-0.2, 0) is 22.6 Å². The highest BCUT2D eigenvalue weighted by molar-refractivity contribution is 6.30. The van der Waals surface area contributed by atoms with Crippen LogP contribution in [0.4, 0.5) is 0 Å². The Balaban J connectivity index is 1.46. The Bertz CT molecular complexity index is 951. The van der Waals surface area contributed by atoms with E-state index >= 15 is 0 Å². The minimum atomic E-state index is -0.618. The maximum Gasteiger partial charge on any atom is 0.245 e. The van der Waals surface area contributed by atoms with E-state index in [0.29, 0.717) is 30.5 Å². The first-order valence-electron chi connectivity index (χ1n) is 12.8. The number of hydrogen-bond donors (Lipinski definition) is 2. The predicted octanol–water partition coefficient (Wildman–Crippen LogP) is 3.20. The molecule has 190 valence electrons. The van der Waals surface area contributed by atoms with Gasteiger partial charge in [-0.15, -0.1) is 0 Å². The molecule has 3 N–H and O–H groups in total. The molecular weight excluding hydrogens is 464 g/mol. The molecular formula is C26H37ClN6O2. The number of nitrogens with two attached hydrogens (primary N) is 1. The molecule has 2 heterocycles. The predicted molar refractivity (Wildman–Crippen MR) is 136 cm³/mol. The molecule has 35 heavy (non-hydrogen) atoms. The zero-order valence-electron chi connectivity index (χ0n) is 20.4. The monoisotopic (exact) mass is 500 g/mol. The van der Waals surface area contributed by atoms with Crippen LogP contribution < -0.4 is 11.1 Å². The van der Waals surface area contributed by atoms with Crippen LogP contribution in [0.5, 0.6) is 0 Å². The van der Waals surface area contributed by atoms with Gasteiger partial charge in [0.05, 0.1) is 0 Å². The summed E-state index contributed by atoms with van der Waals surface area (Å²) in [6.07, 6.45) is 12.3. The van der Waals surface area contributed by atoms with Gasteiger partial charge >= 0.3 is 0 Å². The van der Waals surface area contributed by atoms with E-state index < -0.39 is 6.04 Å². The lowest BCUT2D eigenvalue weighted by atomic mass is 9.63. The molecule has 1 aliphatic carbocycles. The zero-order chi connectivity index (χ0) is 24.7. The number of nitrogens with one attached hydrogen (secondary N) is 1. The summed E-state index contributed by atoms with van der Waals surface area (Å²) in [5.41, 5.74) is 6.65. The summed E-state index contributed by atoms with van der Waals surface area (Å²) in [7, 11) is 0. The van der Waals surface area contributed by atoms with E-state index in [1.165, 1.54) is 32.1 Å². The van der Waals surface area contributed by atoms with E-state index in [9.17, 15) is 9.59 Å². The number of amides is 2. The molecule has 2 aliphatic rings. The van der Waals surface area contributed by atoms with Crippen LogP contribution in [0.15, 0.2) is 36.9 Å². The Labute approximate surface area is 212 Å². The summed E-state index contributed by atoms with van der Waals surface area (Å²) < 4.78 is 1.96. The largest absolute Gasteiger partial charge is 0.344 e. The quantitative estimate of drug-likeness (QED) is 0.550. The molecule has 1 saturated heterocycles. The van der Waals surface area contributed by atoms with Gasteiger partial charge in [0.2, 0.25) is 11.8 Å². The fraction of sp³-hybridized carbons (Fsp3) is 0.615. The van der Waals surface area contributed by atoms with Gasteiger partial charge in [0.15, 0.2) is 0 Å². The summed E-state index contributed by atoms with van der Waals surface area (Å²) in [4.78, 5) is 32.1. The lowest BCUT2D eigenvalue weighted by molar-refractivity contribution is -0.139. The molecule has 0 unspecified atom stereocenters. The fourth-order valence-electron chi connectivity index (χ4n) is 5.89. The van der Waals surface area contributed by atoms with Gasteiger partial charge in [-0.3, -0.25) is 14.3 Å². The molecule has 1 aromatic carbocycles. The summed E-state index contributed by atoms with van der Waals surface area (Å²) >= 11 is 6.03. The number of likely N-dealkylation sites (tertiary alicyclic amines) is 1. The van der Waals surface area contributed by atoms with Crippen LogP contribution in [0.1, 0.15) is 56.9 Å². The van der Waals surface area contributed by atoms with Crippen molar-refractivity contribution in [1.82, 2.24) is 25.0 Å². The van der Waals surface area contributed by atoms with E-state index in [1.54, 1.807) is 12.7 Å². The van der Waals surface area contributed by atoms with Crippen molar-refractivity contribution in [3.05, 3.63) is 47.5 Å². The highest BCUT2D eigenvalue weighted by Crippen LogP contribution is 2.47. The van der Waals surface area contributed by atoms with Gasteiger partial charge < -0.3 is 16.0 Å². The Morgan fingerprint density at radius 1 is 1.14 bits per heavy atom. The van der Waals surface area contributed by atoms with Crippen molar-refractivity contribution in [2.75, 3.05) is 19.6 Å². The summed E-state index contributed by atoms with van der Waals surface area (Å²) in [6.45, 7) is 2.48. The third-order valence-corrected chi connectivity index (χ3v) is 8.10. The van der Waals surface area contributed by atoms with Crippen LogP contribution in [-0.4, -0.2) is 57.2 Å². The van der Waals surface area contributed by atoms with Crippen molar-refractivity contribution in [2.24, 2.45) is 17.1 Å². The van der Waals surface area contributed by atoms with Gasteiger partial charge in [-0.2, -0.15) is 5.10 Å². The number of hydrogen-bond acceptors (Lipinski definition) is 5. The highest BCUT2D eigenvalue weighted by Gasteiger charge is 2.43. The minimum absolute atomic E-state index is 0.0247. The van der Waals surface area contributed by atoms with Gasteiger partial charge in [0.1, 0.15) is 18.7 Å². The lowest BCUT2D eigenvalue weighted by Gasteiger charge is -2.48. The van der Waals surface area contributed by atoms with Crippen molar-refractivity contribution >= 4 is 23.4 Å². The van der Waals surface area contributed by atoms with Crippen LogP contribution in [0.2, 0.25) is 5.02 Å². The van der Waals surface area contributed by atoms with Crippen molar-refractivity contribution < 1.29 is 9.59 Å². The first-order chi connectivity index (χ1) is 17.0. The second kappa shape index (κ2) is 12.0. The highest BCUT2D eigenvalue weighted by atomic mass is 35.5. The minimum Gasteiger partial charge on any atom is -0.344 e. The molecule has 2 aromatic rings. The molecule has 2 amide bonds. The first-order valence-corrected chi connectivity index (χ1v) is 13.2. The Morgan fingerprint density at radius 2 is 1.86 bits per heavy atom. The van der Waals surface area contributed by atoms with Gasteiger partial charge in [-0.1, -0.05) is 43.0 Å². The Morgan fingerprint density at radius 3 is 2.49 bits per heavy atom. The van der Waals surface area contributed by atoms with Crippen molar-refractivity contribution in [2.45, 2.75) is 70.4 Å². The molecule has 4 rings (SSSR count). The number of benzene rings is 1. The molecule has 1 aliphatic heterocycles. The van der Waals surface area contributed by atoms with E-state index in [1.807, 2.05) is 33.8 Å². The summed E-state index contributed by atoms with van der Waals surface area (Å²) in [5, 5.41) is 7.97. The third kappa shape index (κ3) is 6.61. The van der Waals surface area contributed by atoms with Crippen molar-refractivity contribution in [3.8, 4) is 0 Å². The molecule has 0 bridgehead atoms. The number of nitrogens with zero attached hydrogens (tertiary/aromatic N) is 4. The molecule has 1 saturated carbocycles. The van der Waals surface area contributed by atoms with Crippen LogP contribution >= 0.6 is 11.6 Å². The zero-order valence-corrected chi connectivity index (χ0v) is 21.1. The molecule has 1 aromatic heterocycles. The average Bonchev–Trinajstić information content (AvgIpc) is 3.38. The maximum atomic E-state index is 13.6. The smallest absolute Gasteiger partial charge is 0.245 e. The fourth-order valence-corrected chi connectivity index (χ4v) is 6.02. The van der Waals surface area contributed by atoms with Crippen LogP contribution in [0.3, 0.4) is 0 Å². The number of carbonyl (C=O) groups is 2. The van der Waals surface area contributed by atoms with E-state index in [2.05, 4.69) is 15.4 Å². The van der Waals surface area contributed by atoms with Crippen LogP contribution in [0.25, 0.3) is 0 Å². The van der Waals surface area contributed by atoms with E-state index in [-0.39, 0.29) is 30.2 Å². The van der Waals surface area contributed by atoms with Crippen molar-refractivity contribution in [1.29, 1.82) is 0 Å². The molecule has 0 radical (unpaired) electrons. The maximum absolute atomic E-state index is 13.6. The second-order valence-corrected chi connectivity index (χ2v) is 10.5. The summed E-state index contributed by atoms with van der Waals surface area (Å²) in [6, 6.07) is 6.81. The lowest BCUT2D eigenvalue weighted by Crippen LogP contribution is -2.54. The topological polar surface area (TPSA) is 106 Å². The molecule has 1 atom stereocenters.